The summed E-state index contributed by atoms with van der Waals surface area (Å²) in [5, 5.41) is 18.1. The van der Waals surface area contributed by atoms with Gasteiger partial charge in [0.25, 0.3) is 0 Å². The van der Waals surface area contributed by atoms with Gasteiger partial charge >= 0.3 is 0 Å². The van der Waals surface area contributed by atoms with Gasteiger partial charge in [-0.15, -0.1) is 0 Å². The van der Waals surface area contributed by atoms with Crippen LogP contribution in [0.2, 0.25) is 0 Å². The zero-order valence-corrected chi connectivity index (χ0v) is 13.4. The molecule has 0 amide bonds. The molecule has 2 unspecified atom stereocenters. The molecular weight excluding hydrogens is 306 g/mol. The van der Waals surface area contributed by atoms with Gasteiger partial charge in [0.2, 0.25) is 0 Å². The second-order valence-electron chi connectivity index (χ2n) is 5.35. The molecule has 1 aliphatic rings. The molecule has 1 aliphatic carbocycles. The van der Waals surface area contributed by atoms with Crippen molar-refractivity contribution in [2.45, 2.75) is 71.2 Å². The predicted octanol–water partition coefficient (Wildman–Crippen LogP) is 2.76. The number of aryl methyl sites for hydroxylation is 2. The van der Waals surface area contributed by atoms with E-state index in [9.17, 15) is 5.11 Å². The minimum absolute atomic E-state index is 0.208. The molecule has 5 heteroatoms. The summed E-state index contributed by atoms with van der Waals surface area (Å²) in [4.78, 5) is 0. The minimum Gasteiger partial charge on any atom is -0.392 e. The van der Waals surface area contributed by atoms with Gasteiger partial charge in [-0.2, -0.15) is 5.10 Å². The van der Waals surface area contributed by atoms with E-state index in [4.69, 9.17) is 0 Å². The number of hydrogen-bond acceptors (Lipinski definition) is 3. The molecule has 19 heavy (non-hydrogen) atoms. The summed E-state index contributed by atoms with van der Waals surface area (Å²) in [5.74, 6) is 0. The number of nitrogens with zero attached hydrogens (tertiary/aromatic N) is 2. The Kier molecular flexibility index (Phi) is 5.42. The van der Waals surface area contributed by atoms with Crippen LogP contribution in [-0.4, -0.2) is 27.0 Å². The Bertz CT molecular complexity index is 419. The maximum absolute atomic E-state index is 10.1. The monoisotopic (exact) mass is 329 g/mol. The molecule has 4 nitrogen and oxygen atoms in total. The smallest absolute Gasteiger partial charge is 0.0739 e. The summed E-state index contributed by atoms with van der Waals surface area (Å²) >= 11 is 3.61. The fourth-order valence-electron chi connectivity index (χ4n) is 2.79. The van der Waals surface area contributed by atoms with Crippen molar-refractivity contribution in [1.82, 2.24) is 15.1 Å². The maximum Gasteiger partial charge on any atom is 0.0739 e. The van der Waals surface area contributed by atoms with Gasteiger partial charge in [0.1, 0.15) is 0 Å². The SMILES string of the molecule is CCn1nc(C)c(Br)c1CNC1CCCCCC1O. The molecule has 0 spiro atoms. The summed E-state index contributed by atoms with van der Waals surface area (Å²) in [6.07, 6.45) is 5.38. The Morgan fingerprint density at radius 2 is 2.11 bits per heavy atom. The molecule has 0 bridgehead atoms. The molecule has 2 N–H and O–H groups in total. The number of hydrogen-bond donors (Lipinski definition) is 2. The van der Waals surface area contributed by atoms with Crippen molar-refractivity contribution in [3.63, 3.8) is 0 Å². The molecule has 1 aromatic heterocycles. The lowest BCUT2D eigenvalue weighted by atomic mass is 10.1. The molecule has 0 saturated heterocycles. The van der Waals surface area contributed by atoms with Gasteiger partial charge < -0.3 is 10.4 Å². The van der Waals surface area contributed by atoms with Crippen LogP contribution in [0.1, 0.15) is 50.4 Å². The van der Waals surface area contributed by atoms with E-state index in [0.29, 0.717) is 0 Å². The van der Waals surface area contributed by atoms with E-state index in [1.807, 2.05) is 11.6 Å². The molecular formula is C14H24BrN3O. The molecule has 2 atom stereocenters. The first-order chi connectivity index (χ1) is 9.13. The van der Waals surface area contributed by atoms with Gasteiger partial charge in [0.15, 0.2) is 0 Å². The third-order valence-electron chi connectivity index (χ3n) is 3.96. The highest BCUT2D eigenvalue weighted by atomic mass is 79.9. The molecule has 108 valence electrons. The van der Waals surface area contributed by atoms with E-state index in [1.54, 1.807) is 0 Å². The van der Waals surface area contributed by atoms with E-state index >= 15 is 0 Å². The lowest BCUT2D eigenvalue weighted by molar-refractivity contribution is 0.119. The number of aliphatic hydroxyl groups excluding tert-OH is 1. The summed E-state index contributed by atoms with van der Waals surface area (Å²) in [7, 11) is 0. The highest BCUT2D eigenvalue weighted by Gasteiger charge is 2.22. The Labute approximate surface area is 123 Å². The first-order valence-electron chi connectivity index (χ1n) is 7.26. The van der Waals surface area contributed by atoms with Crippen molar-refractivity contribution in [2.24, 2.45) is 0 Å². The fourth-order valence-corrected chi connectivity index (χ4v) is 3.22. The summed E-state index contributed by atoms with van der Waals surface area (Å²) in [6, 6.07) is 0.218. The molecule has 0 aliphatic heterocycles. The van der Waals surface area contributed by atoms with Crippen molar-refractivity contribution in [2.75, 3.05) is 0 Å². The van der Waals surface area contributed by atoms with Gasteiger partial charge in [-0.3, -0.25) is 4.68 Å². The number of rotatable bonds is 4. The summed E-state index contributed by atoms with van der Waals surface area (Å²) in [6.45, 7) is 5.75. The first-order valence-corrected chi connectivity index (χ1v) is 8.06. The van der Waals surface area contributed by atoms with Gasteiger partial charge in [-0.1, -0.05) is 19.3 Å². The third kappa shape index (κ3) is 3.58. The van der Waals surface area contributed by atoms with Crippen molar-refractivity contribution in [3.05, 3.63) is 15.9 Å². The van der Waals surface area contributed by atoms with Crippen LogP contribution in [0.4, 0.5) is 0 Å². The Hall–Kier alpha value is -0.390. The van der Waals surface area contributed by atoms with E-state index in [-0.39, 0.29) is 12.1 Å². The van der Waals surface area contributed by atoms with Crippen LogP contribution in [0.5, 0.6) is 0 Å². The Morgan fingerprint density at radius 3 is 2.84 bits per heavy atom. The number of aromatic nitrogens is 2. The van der Waals surface area contributed by atoms with Crippen LogP contribution in [0, 0.1) is 6.92 Å². The third-order valence-corrected chi connectivity index (χ3v) is 5.00. The first kappa shape index (κ1) is 15.0. The van der Waals surface area contributed by atoms with Crippen LogP contribution in [0.25, 0.3) is 0 Å². The normalized spacial score (nSPS) is 24.4. The second-order valence-corrected chi connectivity index (χ2v) is 6.15. The van der Waals surface area contributed by atoms with Crippen LogP contribution in [0.3, 0.4) is 0 Å². The fraction of sp³-hybridized carbons (Fsp3) is 0.786. The topological polar surface area (TPSA) is 50.1 Å². The molecule has 1 saturated carbocycles. The molecule has 2 rings (SSSR count). The van der Waals surface area contributed by atoms with Gasteiger partial charge in [-0.05, 0) is 42.6 Å². The van der Waals surface area contributed by atoms with Crippen molar-refractivity contribution in [3.8, 4) is 0 Å². The Balaban J connectivity index is 2.01. The van der Waals surface area contributed by atoms with Crippen LogP contribution in [-0.2, 0) is 13.1 Å². The van der Waals surface area contributed by atoms with Crippen molar-refractivity contribution in [1.29, 1.82) is 0 Å². The maximum atomic E-state index is 10.1. The Morgan fingerprint density at radius 1 is 1.37 bits per heavy atom. The second kappa shape index (κ2) is 6.86. The standard InChI is InChI=1S/C14H24BrN3O/c1-3-18-12(14(15)10(2)17-18)9-16-11-7-5-4-6-8-13(11)19/h11,13,16,19H,3-9H2,1-2H3. The van der Waals surface area contributed by atoms with Crippen LogP contribution < -0.4 is 5.32 Å². The van der Waals surface area contributed by atoms with E-state index in [1.165, 1.54) is 18.5 Å². The quantitative estimate of drug-likeness (QED) is 0.835. The van der Waals surface area contributed by atoms with Gasteiger partial charge in [0, 0.05) is 19.1 Å². The lowest BCUT2D eigenvalue weighted by Crippen LogP contribution is -2.39. The zero-order valence-electron chi connectivity index (χ0n) is 11.8. The molecule has 1 heterocycles. The van der Waals surface area contributed by atoms with E-state index in [2.05, 4.69) is 33.3 Å². The number of nitrogens with one attached hydrogen (secondary N) is 1. The molecule has 1 fully saturated rings. The molecule has 0 radical (unpaired) electrons. The average Bonchev–Trinajstić information content (AvgIpc) is 2.56. The van der Waals surface area contributed by atoms with Crippen molar-refractivity contribution >= 4 is 15.9 Å². The van der Waals surface area contributed by atoms with Crippen LogP contribution >= 0.6 is 15.9 Å². The van der Waals surface area contributed by atoms with E-state index < -0.39 is 0 Å². The van der Waals surface area contributed by atoms with Crippen LogP contribution in [0.15, 0.2) is 4.47 Å². The predicted molar refractivity (Wildman–Crippen MR) is 80.1 cm³/mol. The summed E-state index contributed by atoms with van der Waals surface area (Å²) < 4.78 is 3.11. The average molecular weight is 330 g/mol. The van der Waals surface area contributed by atoms with Gasteiger partial charge in [-0.25, -0.2) is 0 Å². The summed E-state index contributed by atoms with van der Waals surface area (Å²) in [5.41, 5.74) is 2.21. The number of aliphatic hydroxyl groups is 1. The molecule has 1 aromatic rings. The lowest BCUT2D eigenvalue weighted by Gasteiger charge is -2.22. The van der Waals surface area contributed by atoms with Crippen molar-refractivity contribution < 1.29 is 5.11 Å². The zero-order chi connectivity index (χ0) is 13.8. The largest absolute Gasteiger partial charge is 0.392 e. The number of halogens is 1. The molecule has 0 aromatic carbocycles. The van der Waals surface area contributed by atoms with E-state index in [0.717, 1.165) is 42.5 Å². The highest BCUT2D eigenvalue weighted by Crippen LogP contribution is 2.22. The highest BCUT2D eigenvalue weighted by molar-refractivity contribution is 9.10. The van der Waals surface area contributed by atoms with Gasteiger partial charge in [0.05, 0.1) is 22.0 Å². The minimum atomic E-state index is -0.208.